The number of benzene rings is 8. The predicted molar refractivity (Wildman–Crippen MR) is 241 cm³/mol. The zero-order chi connectivity index (χ0) is 43.6. The van der Waals surface area contributed by atoms with Gasteiger partial charge in [0.05, 0.1) is 23.5 Å². The van der Waals surface area contributed by atoms with Crippen LogP contribution in [-0.4, -0.2) is 19.5 Å². The summed E-state index contributed by atoms with van der Waals surface area (Å²) in [5, 5.41) is 3.95. The van der Waals surface area contributed by atoms with Gasteiger partial charge in [0.2, 0.25) is 0 Å². The molecule has 3 aromatic heterocycles. The number of furan rings is 1. The number of aromatic nitrogens is 4. The van der Waals surface area contributed by atoms with Gasteiger partial charge in [0, 0.05) is 43.8 Å². The van der Waals surface area contributed by atoms with E-state index >= 15 is 0 Å². The van der Waals surface area contributed by atoms with E-state index in [0.717, 1.165) is 60.5 Å². The molecule has 1 aliphatic carbocycles. The van der Waals surface area contributed by atoms with Crippen LogP contribution in [-0.2, 0) is 5.41 Å². The first-order chi connectivity index (χ1) is 31.1. The summed E-state index contributed by atoms with van der Waals surface area (Å²) in [5.41, 5.74) is 11.7. The lowest BCUT2D eigenvalue weighted by atomic mass is 9.82. The predicted octanol–water partition coefficient (Wildman–Crippen LogP) is 13.8. The lowest BCUT2D eigenvalue weighted by Crippen LogP contribution is -2.14. The number of fused-ring (bicyclic) bond motifs is 9. The van der Waals surface area contributed by atoms with Gasteiger partial charge in [-0.1, -0.05) is 153 Å². The van der Waals surface area contributed by atoms with Gasteiger partial charge >= 0.3 is 0 Å². The number of para-hydroxylation sites is 2. The van der Waals surface area contributed by atoms with Gasteiger partial charge in [-0.25, -0.2) is 15.0 Å². The summed E-state index contributed by atoms with van der Waals surface area (Å²) in [6.45, 7) is 4.45. The van der Waals surface area contributed by atoms with E-state index in [9.17, 15) is 0 Å². The Kier molecular flexibility index (Phi) is 6.18. The first-order valence-corrected chi connectivity index (χ1v) is 19.7. The molecule has 0 saturated carbocycles. The SMILES string of the molecule is [2H]c1c([2H])c([2H])c(-c2nc(-c3ccc4c(c3)-c3ccccc3C4(C)C)nc(-c3cc(-n4c5ccccc5c5ccccc54)cc4c3oc3ccc(-c5ccccc5)cc34)n2)c([2H])c1[2H]. The summed E-state index contributed by atoms with van der Waals surface area (Å²) in [5.74, 6) is 0.466. The average Bonchev–Trinajstić information content (AvgIpc) is 3.95. The van der Waals surface area contributed by atoms with Crippen LogP contribution in [0.15, 0.2) is 186 Å². The lowest BCUT2D eigenvalue weighted by molar-refractivity contribution is 0.660. The van der Waals surface area contributed by atoms with Gasteiger partial charge in [-0.15, -0.1) is 0 Å². The molecule has 0 spiro atoms. The zero-order valence-electron chi connectivity index (χ0n) is 37.1. The fourth-order valence-corrected chi connectivity index (χ4v) is 9.13. The van der Waals surface area contributed by atoms with Crippen LogP contribution in [0, 0.1) is 0 Å². The van der Waals surface area contributed by atoms with Crippen LogP contribution in [0.3, 0.4) is 0 Å². The standard InChI is InChI=1S/C54H36N4O/c1-54(2)45-22-12-9-19-38(45)41-30-36(25-27-46(41)54)52-55-51(34-17-7-4-8-18-34)56-53(57-52)44-32-37(58-47-23-13-10-20-39(47)40-21-11-14-24-48(40)58)31-43-42-29-35(33-15-5-3-6-16-33)26-28-49(42)59-50(43)44/h3-32H,1-2H3/i4D,7D,8D,17D,18D. The van der Waals surface area contributed by atoms with Crippen molar-refractivity contribution in [1.29, 1.82) is 0 Å². The minimum absolute atomic E-state index is 0.0453. The third-order valence-corrected chi connectivity index (χ3v) is 11.9. The molecule has 5 heteroatoms. The summed E-state index contributed by atoms with van der Waals surface area (Å²) in [7, 11) is 0. The fraction of sp³-hybridized carbons (Fsp3) is 0.0556. The Labute approximate surface area is 347 Å². The maximum atomic E-state index is 9.03. The van der Waals surface area contributed by atoms with E-state index in [0.29, 0.717) is 22.3 Å². The van der Waals surface area contributed by atoms with Crippen LogP contribution in [0.2, 0.25) is 0 Å². The van der Waals surface area contributed by atoms with E-state index in [1.165, 1.54) is 11.1 Å². The Hall–Kier alpha value is -7.63. The maximum Gasteiger partial charge on any atom is 0.167 e. The number of rotatable bonds is 5. The minimum Gasteiger partial charge on any atom is -0.455 e. The highest BCUT2D eigenvalue weighted by molar-refractivity contribution is 6.13. The fourth-order valence-electron chi connectivity index (χ4n) is 9.13. The molecule has 0 fully saturated rings. The van der Waals surface area contributed by atoms with Gasteiger partial charge in [-0.05, 0) is 75.8 Å². The van der Waals surface area contributed by atoms with Gasteiger partial charge < -0.3 is 8.98 Å². The summed E-state index contributed by atoms with van der Waals surface area (Å²) >= 11 is 0. The van der Waals surface area contributed by atoms with E-state index in [1.807, 2.05) is 66.7 Å². The first kappa shape index (κ1) is 28.7. The second-order valence-electron chi connectivity index (χ2n) is 15.7. The monoisotopic (exact) mass is 761 g/mol. The van der Waals surface area contributed by atoms with Crippen molar-refractivity contribution in [2.45, 2.75) is 19.3 Å². The van der Waals surface area contributed by atoms with E-state index in [1.54, 1.807) is 0 Å². The van der Waals surface area contributed by atoms with Gasteiger partial charge in [0.1, 0.15) is 11.2 Å². The molecule has 0 atom stereocenters. The highest BCUT2D eigenvalue weighted by atomic mass is 16.3. The van der Waals surface area contributed by atoms with Crippen molar-refractivity contribution < 1.29 is 11.3 Å². The lowest BCUT2D eigenvalue weighted by Gasteiger charge is -2.21. The molecule has 0 saturated heterocycles. The molecule has 0 unspecified atom stereocenters. The topological polar surface area (TPSA) is 56.7 Å². The van der Waals surface area contributed by atoms with Crippen molar-refractivity contribution in [2.24, 2.45) is 0 Å². The molecule has 0 radical (unpaired) electrons. The normalized spacial score (nSPS) is 14.2. The number of hydrogen-bond donors (Lipinski definition) is 0. The summed E-state index contributed by atoms with van der Waals surface area (Å²) < 4.78 is 52.7. The Bertz CT molecular complexity index is 3700. The van der Waals surface area contributed by atoms with Gasteiger partial charge in [0.25, 0.3) is 0 Å². The molecule has 0 N–H and O–H groups in total. The zero-order valence-corrected chi connectivity index (χ0v) is 32.1. The molecule has 0 bridgehead atoms. The quantitative estimate of drug-likeness (QED) is 0.175. The summed E-state index contributed by atoms with van der Waals surface area (Å²) in [4.78, 5) is 15.2. The van der Waals surface area contributed by atoms with Crippen LogP contribution in [0.4, 0.5) is 0 Å². The van der Waals surface area contributed by atoms with Crippen molar-refractivity contribution in [3.63, 3.8) is 0 Å². The molecule has 12 rings (SSSR count). The minimum atomic E-state index is -0.495. The Morgan fingerprint density at radius 3 is 1.90 bits per heavy atom. The molecule has 278 valence electrons. The van der Waals surface area contributed by atoms with Crippen molar-refractivity contribution >= 4 is 43.7 Å². The van der Waals surface area contributed by atoms with Crippen molar-refractivity contribution in [3.8, 4) is 62.1 Å². The summed E-state index contributed by atoms with van der Waals surface area (Å²) in [6.07, 6.45) is 0. The van der Waals surface area contributed by atoms with Crippen LogP contribution >= 0.6 is 0 Å². The molecule has 8 aromatic carbocycles. The molecule has 3 heterocycles. The van der Waals surface area contributed by atoms with E-state index < -0.39 is 30.2 Å². The molecule has 59 heavy (non-hydrogen) atoms. The maximum absolute atomic E-state index is 9.03. The van der Waals surface area contributed by atoms with Crippen LogP contribution in [0.25, 0.3) is 106 Å². The Balaban J connectivity index is 1.18. The largest absolute Gasteiger partial charge is 0.455 e. The summed E-state index contributed by atoms with van der Waals surface area (Å²) in [6, 6.07) is 49.6. The molecule has 0 amide bonds. The van der Waals surface area contributed by atoms with Gasteiger partial charge in [-0.3, -0.25) is 0 Å². The molecule has 11 aromatic rings. The van der Waals surface area contributed by atoms with E-state index in [-0.39, 0.29) is 28.5 Å². The van der Waals surface area contributed by atoms with Crippen LogP contribution in [0.5, 0.6) is 0 Å². The second-order valence-corrected chi connectivity index (χ2v) is 15.7. The number of nitrogens with zero attached hydrogens (tertiary/aromatic N) is 4. The molecule has 0 aliphatic heterocycles. The van der Waals surface area contributed by atoms with Crippen molar-refractivity contribution in [1.82, 2.24) is 19.5 Å². The van der Waals surface area contributed by atoms with Crippen molar-refractivity contribution in [3.05, 3.63) is 193 Å². The van der Waals surface area contributed by atoms with Gasteiger partial charge in [-0.2, -0.15) is 0 Å². The highest BCUT2D eigenvalue weighted by Crippen LogP contribution is 2.49. The third kappa shape index (κ3) is 5.14. The Morgan fingerprint density at radius 1 is 0.475 bits per heavy atom. The molecular weight excluding hydrogens is 721 g/mol. The smallest absolute Gasteiger partial charge is 0.167 e. The van der Waals surface area contributed by atoms with Crippen molar-refractivity contribution in [2.75, 3.05) is 0 Å². The van der Waals surface area contributed by atoms with E-state index in [4.69, 9.17) is 26.2 Å². The first-order valence-electron chi connectivity index (χ1n) is 22.2. The average molecular weight is 762 g/mol. The van der Waals surface area contributed by atoms with Crippen LogP contribution < -0.4 is 0 Å². The Morgan fingerprint density at radius 2 is 1.12 bits per heavy atom. The van der Waals surface area contributed by atoms with E-state index in [2.05, 4.69) is 103 Å². The second kappa shape index (κ2) is 12.7. The molecule has 5 nitrogen and oxygen atoms in total. The molecular formula is C54H36N4O. The highest BCUT2D eigenvalue weighted by Gasteiger charge is 2.35. The van der Waals surface area contributed by atoms with Crippen LogP contribution in [0.1, 0.15) is 31.8 Å². The third-order valence-electron chi connectivity index (χ3n) is 11.9. The molecule has 1 aliphatic rings. The number of hydrogen-bond acceptors (Lipinski definition) is 4. The van der Waals surface area contributed by atoms with Gasteiger partial charge in [0.15, 0.2) is 17.5 Å².